The first-order valence-corrected chi connectivity index (χ1v) is 9.50. The summed E-state index contributed by atoms with van der Waals surface area (Å²) in [6.45, 7) is 5.04. The summed E-state index contributed by atoms with van der Waals surface area (Å²) in [7, 11) is 3.43. The summed E-state index contributed by atoms with van der Waals surface area (Å²) in [6.07, 6.45) is 3.33. The van der Waals surface area contributed by atoms with Crippen molar-refractivity contribution in [2.24, 2.45) is 12.5 Å². The molecule has 3 rings (SSSR count). The number of nitrogens with zero attached hydrogens (tertiary/aromatic N) is 4. The zero-order valence-corrected chi connectivity index (χ0v) is 16.5. The Bertz CT molecular complexity index is 705. The highest BCUT2D eigenvalue weighted by molar-refractivity contribution is 6.34. The summed E-state index contributed by atoms with van der Waals surface area (Å²) in [5.74, 6) is 0.0673. The molecule has 0 saturated carbocycles. The number of amides is 2. The van der Waals surface area contributed by atoms with Gasteiger partial charge >= 0.3 is 0 Å². The molecule has 7 nitrogen and oxygen atoms in total. The highest BCUT2D eigenvalue weighted by Crippen LogP contribution is 2.39. The fourth-order valence-electron chi connectivity index (χ4n) is 4.09. The number of aromatic nitrogens is 2. The van der Waals surface area contributed by atoms with Crippen LogP contribution in [-0.2, 0) is 16.6 Å². The van der Waals surface area contributed by atoms with E-state index in [0.717, 1.165) is 25.0 Å². The van der Waals surface area contributed by atoms with Crippen LogP contribution in [0.2, 0.25) is 5.02 Å². The summed E-state index contributed by atoms with van der Waals surface area (Å²) >= 11 is 6.31. The Morgan fingerprint density at radius 3 is 2.77 bits per heavy atom. The van der Waals surface area contributed by atoms with Gasteiger partial charge in [0.05, 0.1) is 17.3 Å². The zero-order chi connectivity index (χ0) is 18.9. The maximum Gasteiger partial charge on any atom is 0.275 e. The number of aryl methyl sites for hydroxylation is 1. The van der Waals surface area contributed by atoms with E-state index in [1.54, 1.807) is 18.8 Å². The lowest BCUT2D eigenvalue weighted by Crippen LogP contribution is -2.55. The average Bonchev–Trinajstić information content (AvgIpc) is 2.89. The smallest absolute Gasteiger partial charge is 0.275 e. The minimum Gasteiger partial charge on any atom is -0.383 e. The molecule has 2 saturated heterocycles. The van der Waals surface area contributed by atoms with Gasteiger partial charge in [0, 0.05) is 52.2 Å². The molecule has 1 spiro atoms. The maximum absolute atomic E-state index is 13.0. The van der Waals surface area contributed by atoms with Crippen LogP contribution in [0.1, 0.15) is 41.9 Å². The van der Waals surface area contributed by atoms with E-state index < -0.39 is 0 Å². The summed E-state index contributed by atoms with van der Waals surface area (Å²) in [5, 5.41) is 4.73. The van der Waals surface area contributed by atoms with E-state index >= 15 is 0 Å². The molecular formula is C18H27ClN4O3. The quantitative estimate of drug-likeness (QED) is 0.797. The molecule has 2 aliphatic heterocycles. The molecule has 2 fully saturated rings. The Kier molecular flexibility index (Phi) is 5.58. The lowest BCUT2D eigenvalue weighted by Gasteiger charge is -2.48. The van der Waals surface area contributed by atoms with Crippen molar-refractivity contribution in [1.29, 1.82) is 0 Å². The van der Waals surface area contributed by atoms with Gasteiger partial charge in [-0.15, -0.1) is 0 Å². The topological polar surface area (TPSA) is 67.7 Å². The van der Waals surface area contributed by atoms with Gasteiger partial charge in [0.2, 0.25) is 5.91 Å². The van der Waals surface area contributed by atoms with Crippen LogP contribution in [0.5, 0.6) is 0 Å². The Labute approximate surface area is 159 Å². The van der Waals surface area contributed by atoms with Gasteiger partial charge in [-0.2, -0.15) is 5.10 Å². The number of rotatable bonds is 4. The SMILES string of the molecule is COCCN1C[C@@]2(CCCN(C(=O)c3nn(C)c(C)c3Cl)C2)CCC1=O. The number of ether oxygens (including phenoxy) is 1. The molecule has 0 radical (unpaired) electrons. The third-order valence-electron chi connectivity index (χ3n) is 5.73. The van der Waals surface area contributed by atoms with Crippen molar-refractivity contribution >= 4 is 23.4 Å². The van der Waals surface area contributed by atoms with Gasteiger partial charge in [-0.3, -0.25) is 14.3 Å². The molecule has 1 atom stereocenters. The average molecular weight is 383 g/mol. The maximum atomic E-state index is 13.0. The van der Waals surface area contributed by atoms with Crippen LogP contribution in [-0.4, -0.2) is 71.3 Å². The van der Waals surface area contributed by atoms with E-state index in [1.807, 2.05) is 16.7 Å². The number of halogens is 1. The molecule has 0 aromatic carbocycles. The lowest BCUT2D eigenvalue weighted by atomic mass is 9.73. The second kappa shape index (κ2) is 7.56. The van der Waals surface area contributed by atoms with Crippen molar-refractivity contribution in [1.82, 2.24) is 19.6 Å². The normalized spacial score (nSPS) is 23.8. The first-order valence-electron chi connectivity index (χ1n) is 9.12. The third-order valence-corrected chi connectivity index (χ3v) is 6.18. The van der Waals surface area contributed by atoms with E-state index in [1.165, 1.54) is 0 Å². The number of methoxy groups -OCH3 is 1. The Hall–Kier alpha value is -1.60. The first-order chi connectivity index (χ1) is 12.4. The fourth-order valence-corrected chi connectivity index (χ4v) is 4.33. The van der Waals surface area contributed by atoms with Crippen molar-refractivity contribution < 1.29 is 14.3 Å². The van der Waals surface area contributed by atoms with Gasteiger partial charge < -0.3 is 14.5 Å². The molecule has 8 heteroatoms. The van der Waals surface area contributed by atoms with Gasteiger partial charge in [-0.1, -0.05) is 11.6 Å². The molecule has 26 heavy (non-hydrogen) atoms. The number of hydrogen-bond donors (Lipinski definition) is 0. The second-order valence-electron chi connectivity index (χ2n) is 7.51. The van der Waals surface area contributed by atoms with Crippen LogP contribution < -0.4 is 0 Å². The van der Waals surface area contributed by atoms with Crippen molar-refractivity contribution in [3.05, 3.63) is 16.4 Å². The molecule has 1 aromatic heterocycles. The number of carbonyl (C=O) groups excluding carboxylic acids is 2. The Balaban J connectivity index is 1.75. The van der Waals surface area contributed by atoms with Crippen LogP contribution in [0, 0.1) is 12.3 Å². The standard InChI is InChI=1S/C18H27ClN4O3/c1-13-15(19)16(20-21(13)2)17(25)23-8-4-6-18(12-23)7-5-14(24)22(11-18)9-10-26-3/h4-12H2,1-3H3/t18-/m1/s1. The molecule has 0 unspecified atom stereocenters. The van der Waals surface area contributed by atoms with E-state index in [0.29, 0.717) is 49.9 Å². The minimum absolute atomic E-state index is 0.0359. The predicted octanol–water partition coefficient (Wildman–Crippen LogP) is 1.87. The van der Waals surface area contributed by atoms with Crippen LogP contribution in [0.25, 0.3) is 0 Å². The van der Waals surface area contributed by atoms with Crippen LogP contribution in [0.15, 0.2) is 0 Å². The van der Waals surface area contributed by atoms with E-state index in [4.69, 9.17) is 16.3 Å². The van der Waals surface area contributed by atoms with Crippen molar-refractivity contribution in [2.45, 2.75) is 32.6 Å². The van der Waals surface area contributed by atoms with Gasteiger partial charge in [0.15, 0.2) is 5.69 Å². The van der Waals surface area contributed by atoms with E-state index in [9.17, 15) is 9.59 Å². The third kappa shape index (κ3) is 3.60. The highest BCUT2D eigenvalue weighted by atomic mass is 35.5. The van der Waals surface area contributed by atoms with Gasteiger partial charge in [0.1, 0.15) is 0 Å². The van der Waals surface area contributed by atoms with Gasteiger partial charge in [-0.05, 0) is 26.2 Å². The molecule has 0 bridgehead atoms. The Morgan fingerprint density at radius 1 is 1.35 bits per heavy atom. The molecule has 2 amide bonds. The highest BCUT2D eigenvalue weighted by Gasteiger charge is 2.43. The van der Waals surface area contributed by atoms with Crippen LogP contribution in [0.4, 0.5) is 0 Å². The molecule has 1 aromatic rings. The molecule has 0 N–H and O–H groups in total. The second-order valence-corrected chi connectivity index (χ2v) is 7.89. The van der Waals surface area contributed by atoms with Crippen molar-refractivity contribution in [2.75, 3.05) is 39.9 Å². The largest absolute Gasteiger partial charge is 0.383 e. The number of likely N-dealkylation sites (tertiary alicyclic amines) is 2. The number of carbonyl (C=O) groups is 2. The zero-order valence-electron chi connectivity index (χ0n) is 15.8. The summed E-state index contributed by atoms with van der Waals surface area (Å²) in [6, 6.07) is 0. The molecule has 0 aliphatic carbocycles. The molecular weight excluding hydrogens is 356 g/mol. The molecule has 3 heterocycles. The minimum atomic E-state index is -0.113. The van der Waals surface area contributed by atoms with E-state index in [2.05, 4.69) is 5.10 Å². The van der Waals surface area contributed by atoms with Crippen LogP contribution >= 0.6 is 11.6 Å². The van der Waals surface area contributed by atoms with Crippen LogP contribution in [0.3, 0.4) is 0 Å². The van der Waals surface area contributed by atoms with E-state index in [-0.39, 0.29) is 17.2 Å². The lowest BCUT2D eigenvalue weighted by molar-refractivity contribution is -0.139. The summed E-state index contributed by atoms with van der Waals surface area (Å²) < 4.78 is 6.77. The summed E-state index contributed by atoms with van der Waals surface area (Å²) in [4.78, 5) is 29.0. The van der Waals surface area contributed by atoms with Crippen molar-refractivity contribution in [3.8, 4) is 0 Å². The van der Waals surface area contributed by atoms with Crippen molar-refractivity contribution in [3.63, 3.8) is 0 Å². The molecule has 144 valence electrons. The van der Waals surface area contributed by atoms with Gasteiger partial charge in [-0.25, -0.2) is 0 Å². The molecule has 2 aliphatic rings. The number of piperidine rings is 2. The number of hydrogen-bond acceptors (Lipinski definition) is 4. The Morgan fingerprint density at radius 2 is 2.12 bits per heavy atom. The predicted molar refractivity (Wildman–Crippen MR) is 98.2 cm³/mol. The summed E-state index contributed by atoms with van der Waals surface area (Å²) in [5.41, 5.74) is 1.08. The van der Waals surface area contributed by atoms with Gasteiger partial charge in [0.25, 0.3) is 5.91 Å². The monoisotopic (exact) mass is 382 g/mol. The first kappa shape index (κ1) is 19.2. The fraction of sp³-hybridized carbons (Fsp3) is 0.722.